The molecule has 3 heterocycles. The van der Waals surface area contributed by atoms with Gasteiger partial charge in [-0.25, -0.2) is 4.98 Å². The number of nitrogens with zero attached hydrogens (tertiary/aromatic N) is 3. The number of pyridine rings is 1. The van der Waals surface area contributed by atoms with E-state index >= 15 is 0 Å². The Hall–Kier alpha value is -1.14. The molecule has 0 spiro atoms. The molecule has 0 saturated carbocycles. The summed E-state index contributed by atoms with van der Waals surface area (Å²) < 4.78 is 0.990. The first-order valence-corrected chi connectivity index (χ1v) is 7.86. The van der Waals surface area contributed by atoms with Crippen molar-refractivity contribution in [1.29, 1.82) is 0 Å². The van der Waals surface area contributed by atoms with E-state index in [9.17, 15) is 4.79 Å². The van der Waals surface area contributed by atoms with Crippen molar-refractivity contribution in [2.24, 2.45) is 5.92 Å². The fraction of sp³-hybridized carbons (Fsp3) is 0.571. The third kappa shape index (κ3) is 3.12. The Morgan fingerprint density at radius 1 is 1.30 bits per heavy atom. The minimum Gasteiger partial charge on any atom is -0.353 e. The molecule has 0 bridgehead atoms. The number of aromatic nitrogens is 1. The predicted octanol–water partition coefficient (Wildman–Crippen LogP) is 1.10. The Balaban J connectivity index is 1.51. The van der Waals surface area contributed by atoms with Gasteiger partial charge in [0.2, 0.25) is 5.91 Å². The van der Waals surface area contributed by atoms with Gasteiger partial charge in [-0.15, -0.1) is 0 Å². The fourth-order valence-electron chi connectivity index (χ4n) is 2.61. The number of carbonyl (C=O) groups excluding carboxylic acids is 1. The van der Waals surface area contributed by atoms with Gasteiger partial charge in [-0.3, -0.25) is 4.79 Å². The van der Waals surface area contributed by atoms with Crippen LogP contribution in [0.5, 0.6) is 0 Å². The normalized spacial score (nSPS) is 19.9. The molecule has 0 aliphatic carbocycles. The van der Waals surface area contributed by atoms with Gasteiger partial charge >= 0.3 is 0 Å². The molecule has 1 amide bonds. The molecule has 20 heavy (non-hydrogen) atoms. The van der Waals surface area contributed by atoms with E-state index in [2.05, 4.69) is 31.1 Å². The average molecular weight is 339 g/mol. The van der Waals surface area contributed by atoms with Crippen molar-refractivity contribution in [2.45, 2.75) is 6.42 Å². The van der Waals surface area contributed by atoms with Crippen molar-refractivity contribution in [1.82, 2.24) is 15.2 Å². The van der Waals surface area contributed by atoms with Crippen LogP contribution in [0.2, 0.25) is 0 Å². The van der Waals surface area contributed by atoms with Crippen LogP contribution in [0.15, 0.2) is 22.8 Å². The van der Waals surface area contributed by atoms with Crippen molar-refractivity contribution >= 4 is 27.7 Å². The van der Waals surface area contributed by atoms with Gasteiger partial charge in [-0.2, -0.15) is 0 Å². The Bertz CT molecular complexity index is 467. The molecule has 108 valence electrons. The van der Waals surface area contributed by atoms with Gasteiger partial charge in [-0.05, 0) is 47.1 Å². The standard InChI is InChI=1S/C14H19BrN4O/c15-12-1-2-13(17-10-12)18-3-5-19(6-4-18)14(20)7-11-8-16-9-11/h1-2,10-11,16H,3-9H2. The summed E-state index contributed by atoms with van der Waals surface area (Å²) in [6, 6.07) is 4.02. The number of piperazine rings is 1. The third-order valence-corrected chi connectivity index (χ3v) is 4.47. The Morgan fingerprint density at radius 3 is 2.60 bits per heavy atom. The second kappa shape index (κ2) is 6.10. The van der Waals surface area contributed by atoms with Gasteiger partial charge < -0.3 is 15.1 Å². The van der Waals surface area contributed by atoms with Crippen molar-refractivity contribution < 1.29 is 4.79 Å². The Labute approximate surface area is 127 Å². The number of hydrogen-bond donors (Lipinski definition) is 1. The summed E-state index contributed by atoms with van der Waals surface area (Å²) in [5.74, 6) is 1.84. The topological polar surface area (TPSA) is 48.5 Å². The third-order valence-electron chi connectivity index (χ3n) is 4.00. The van der Waals surface area contributed by atoms with Crippen LogP contribution >= 0.6 is 15.9 Å². The average Bonchev–Trinajstić information content (AvgIpc) is 2.44. The van der Waals surface area contributed by atoms with E-state index in [1.54, 1.807) is 0 Å². The van der Waals surface area contributed by atoms with E-state index < -0.39 is 0 Å². The van der Waals surface area contributed by atoms with E-state index in [0.717, 1.165) is 49.6 Å². The molecule has 0 aromatic carbocycles. The molecule has 2 fully saturated rings. The zero-order valence-corrected chi connectivity index (χ0v) is 13.0. The number of anilines is 1. The molecule has 3 rings (SSSR count). The van der Waals surface area contributed by atoms with Gasteiger partial charge in [0, 0.05) is 43.3 Å². The van der Waals surface area contributed by atoms with Crippen molar-refractivity contribution in [3.05, 3.63) is 22.8 Å². The quantitative estimate of drug-likeness (QED) is 0.896. The van der Waals surface area contributed by atoms with Gasteiger partial charge in [0.05, 0.1) is 0 Å². The van der Waals surface area contributed by atoms with Crippen LogP contribution in [0.4, 0.5) is 5.82 Å². The molecule has 1 N–H and O–H groups in total. The Morgan fingerprint density at radius 2 is 2.05 bits per heavy atom. The highest BCUT2D eigenvalue weighted by atomic mass is 79.9. The minimum absolute atomic E-state index is 0.305. The zero-order chi connectivity index (χ0) is 13.9. The summed E-state index contributed by atoms with van der Waals surface area (Å²) in [5.41, 5.74) is 0. The maximum atomic E-state index is 12.1. The molecule has 0 unspecified atom stereocenters. The molecule has 0 atom stereocenters. The van der Waals surface area contributed by atoms with Crippen LogP contribution in [-0.2, 0) is 4.79 Å². The summed E-state index contributed by atoms with van der Waals surface area (Å²) in [4.78, 5) is 20.8. The van der Waals surface area contributed by atoms with E-state index in [1.807, 2.05) is 23.2 Å². The molecule has 2 aliphatic rings. The molecule has 2 aliphatic heterocycles. The number of halogens is 1. The zero-order valence-electron chi connectivity index (χ0n) is 11.4. The second-order valence-corrected chi connectivity index (χ2v) is 6.35. The van der Waals surface area contributed by atoms with Crippen molar-refractivity contribution in [3.63, 3.8) is 0 Å². The maximum Gasteiger partial charge on any atom is 0.223 e. The summed E-state index contributed by atoms with van der Waals surface area (Å²) in [6.45, 7) is 5.32. The Kier molecular flexibility index (Phi) is 4.21. The SMILES string of the molecule is O=C(CC1CNC1)N1CCN(c2ccc(Br)cn2)CC1. The molecule has 5 nitrogen and oxygen atoms in total. The molecular weight excluding hydrogens is 320 g/mol. The second-order valence-electron chi connectivity index (χ2n) is 5.43. The lowest BCUT2D eigenvalue weighted by Gasteiger charge is -2.37. The fourth-order valence-corrected chi connectivity index (χ4v) is 2.84. The van der Waals surface area contributed by atoms with E-state index in [1.165, 1.54) is 0 Å². The van der Waals surface area contributed by atoms with Crippen LogP contribution in [0.25, 0.3) is 0 Å². The summed E-state index contributed by atoms with van der Waals surface area (Å²) in [7, 11) is 0. The van der Waals surface area contributed by atoms with Crippen molar-refractivity contribution in [2.75, 3.05) is 44.2 Å². The monoisotopic (exact) mass is 338 g/mol. The number of rotatable bonds is 3. The predicted molar refractivity (Wildman–Crippen MR) is 81.7 cm³/mol. The van der Waals surface area contributed by atoms with Crippen molar-refractivity contribution in [3.8, 4) is 0 Å². The van der Waals surface area contributed by atoms with Crippen LogP contribution in [0.1, 0.15) is 6.42 Å². The smallest absolute Gasteiger partial charge is 0.223 e. The van der Waals surface area contributed by atoms with E-state index in [-0.39, 0.29) is 0 Å². The summed E-state index contributed by atoms with van der Waals surface area (Å²) in [6.07, 6.45) is 2.51. The van der Waals surface area contributed by atoms with E-state index in [0.29, 0.717) is 18.2 Å². The van der Waals surface area contributed by atoms with Crippen LogP contribution in [-0.4, -0.2) is 55.1 Å². The first-order valence-electron chi connectivity index (χ1n) is 7.07. The van der Waals surface area contributed by atoms with Gasteiger partial charge in [-0.1, -0.05) is 0 Å². The van der Waals surface area contributed by atoms with Crippen LogP contribution < -0.4 is 10.2 Å². The van der Waals surface area contributed by atoms with Gasteiger partial charge in [0.25, 0.3) is 0 Å². The molecule has 2 saturated heterocycles. The first-order chi connectivity index (χ1) is 9.72. The maximum absolute atomic E-state index is 12.1. The first kappa shape index (κ1) is 13.8. The van der Waals surface area contributed by atoms with Crippen LogP contribution in [0.3, 0.4) is 0 Å². The highest BCUT2D eigenvalue weighted by molar-refractivity contribution is 9.10. The molecular formula is C14H19BrN4O. The lowest BCUT2D eigenvalue weighted by Crippen LogP contribution is -2.51. The number of nitrogens with one attached hydrogen (secondary N) is 1. The number of amides is 1. The van der Waals surface area contributed by atoms with Gasteiger partial charge in [0.1, 0.15) is 5.82 Å². The molecule has 0 radical (unpaired) electrons. The lowest BCUT2D eigenvalue weighted by molar-refractivity contribution is -0.132. The lowest BCUT2D eigenvalue weighted by atomic mass is 9.98. The number of carbonyl (C=O) groups is 1. The largest absolute Gasteiger partial charge is 0.353 e. The molecule has 6 heteroatoms. The highest BCUT2D eigenvalue weighted by Gasteiger charge is 2.26. The summed E-state index contributed by atoms with van der Waals surface area (Å²) in [5, 5.41) is 3.21. The highest BCUT2D eigenvalue weighted by Crippen LogP contribution is 2.18. The van der Waals surface area contributed by atoms with E-state index in [4.69, 9.17) is 0 Å². The molecule has 1 aromatic rings. The van der Waals surface area contributed by atoms with Gasteiger partial charge in [0.15, 0.2) is 0 Å². The molecule has 1 aromatic heterocycles. The van der Waals surface area contributed by atoms with Crippen LogP contribution in [0, 0.1) is 5.92 Å². The number of hydrogen-bond acceptors (Lipinski definition) is 4. The summed E-state index contributed by atoms with van der Waals surface area (Å²) >= 11 is 3.39. The minimum atomic E-state index is 0.305.